The average Bonchev–Trinajstić information content (AvgIpc) is 2.36. The molecule has 0 heterocycles. The SMILES string of the molecule is C=CC1CCC(C#N)(N(C)C(=O)OC(C)(C)C)CC1. The van der Waals surface area contributed by atoms with E-state index in [1.807, 2.05) is 26.8 Å². The van der Waals surface area contributed by atoms with Crippen LogP contribution in [0.25, 0.3) is 0 Å². The Morgan fingerprint density at radius 1 is 1.47 bits per heavy atom. The van der Waals surface area contributed by atoms with Crippen LogP contribution in [0.2, 0.25) is 0 Å². The third-order valence-electron chi connectivity index (χ3n) is 3.71. The van der Waals surface area contributed by atoms with Gasteiger partial charge in [-0.25, -0.2) is 4.79 Å². The monoisotopic (exact) mass is 264 g/mol. The molecule has 1 fully saturated rings. The summed E-state index contributed by atoms with van der Waals surface area (Å²) in [7, 11) is 1.66. The van der Waals surface area contributed by atoms with Crippen LogP contribution in [0, 0.1) is 17.2 Å². The quantitative estimate of drug-likeness (QED) is 0.717. The molecule has 4 heteroatoms. The van der Waals surface area contributed by atoms with E-state index in [9.17, 15) is 10.1 Å². The first-order valence-corrected chi connectivity index (χ1v) is 6.75. The van der Waals surface area contributed by atoms with Crippen LogP contribution in [0.5, 0.6) is 0 Å². The number of amides is 1. The molecule has 1 amide bonds. The molecule has 0 bridgehead atoms. The Kier molecular flexibility index (Phi) is 4.62. The van der Waals surface area contributed by atoms with E-state index in [-0.39, 0.29) is 0 Å². The Hall–Kier alpha value is -1.50. The topological polar surface area (TPSA) is 53.3 Å². The normalized spacial score (nSPS) is 27.2. The second kappa shape index (κ2) is 5.64. The summed E-state index contributed by atoms with van der Waals surface area (Å²) in [5, 5.41) is 9.49. The molecular weight excluding hydrogens is 240 g/mol. The van der Waals surface area contributed by atoms with E-state index in [0.29, 0.717) is 18.8 Å². The van der Waals surface area contributed by atoms with Crippen molar-refractivity contribution in [2.45, 2.75) is 57.6 Å². The molecule has 0 saturated heterocycles. The van der Waals surface area contributed by atoms with Crippen molar-refractivity contribution in [3.63, 3.8) is 0 Å². The van der Waals surface area contributed by atoms with Crippen LogP contribution in [0.1, 0.15) is 46.5 Å². The molecule has 0 spiro atoms. The molecule has 106 valence electrons. The maximum atomic E-state index is 12.1. The summed E-state index contributed by atoms with van der Waals surface area (Å²) in [5.41, 5.74) is -1.28. The van der Waals surface area contributed by atoms with Gasteiger partial charge in [-0.15, -0.1) is 6.58 Å². The molecule has 1 saturated carbocycles. The average molecular weight is 264 g/mol. The van der Waals surface area contributed by atoms with Crippen LogP contribution < -0.4 is 0 Å². The molecule has 19 heavy (non-hydrogen) atoms. The van der Waals surface area contributed by atoms with E-state index in [0.717, 1.165) is 12.8 Å². The van der Waals surface area contributed by atoms with Crippen molar-refractivity contribution in [3.8, 4) is 6.07 Å². The van der Waals surface area contributed by atoms with Gasteiger partial charge < -0.3 is 4.74 Å². The number of rotatable bonds is 2. The van der Waals surface area contributed by atoms with Crippen LogP contribution in [0.15, 0.2) is 12.7 Å². The van der Waals surface area contributed by atoms with Gasteiger partial charge in [-0.1, -0.05) is 6.08 Å². The van der Waals surface area contributed by atoms with Crippen molar-refractivity contribution in [2.75, 3.05) is 7.05 Å². The minimum atomic E-state index is -0.734. The van der Waals surface area contributed by atoms with Gasteiger partial charge >= 0.3 is 6.09 Å². The highest BCUT2D eigenvalue weighted by molar-refractivity contribution is 5.69. The fourth-order valence-electron chi connectivity index (χ4n) is 2.38. The molecule has 0 radical (unpaired) electrons. The molecule has 0 aliphatic heterocycles. The molecular formula is C15H24N2O2. The highest BCUT2D eigenvalue weighted by Gasteiger charge is 2.42. The van der Waals surface area contributed by atoms with Crippen molar-refractivity contribution in [1.29, 1.82) is 5.26 Å². The van der Waals surface area contributed by atoms with Crippen molar-refractivity contribution >= 4 is 6.09 Å². The van der Waals surface area contributed by atoms with Gasteiger partial charge in [0.2, 0.25) is 0 Å². The lowest BCUT2D eigenvalue weighted by Crippen LogP contribution is -2.52. The smallest absolute Gasteiger partial charge is 0.411 e. The predicted molar refractivity (Wildman–Crippen MR) is 74.5 cm³/mol. The van der Waals surface area contributed by atoms with Crippen molar-refractivity contribution in [1.82, 2.24) is 4.90 Å². The molecule has 4 nitrogen and oxygen atoms in total. The first kappa shape index (κ1) is 15.6. The highest BCUT2D eigenvalue weighted by atomic mass is 16.6. The van der Waals surface area contributed by atoms with E-state index in [1.54, 1.807) is 7.05 Å². The Balaban J connectivity index is 2.78. The van der Waals surface area contributed by atoms with E-state index >= 15 is 0 Å². The van der Waals surface area contributed by atoms with Crippen molar-refractivity contribution < 1.29 is 9.53 Å². The number of nitrogens with zero attached hydrogens (tertiary/aromatic N) is 2. The van der Waals surface area contributed by atoms with Crippen LogP contribution in [-0.4, -0.2) is 29.2 Å². The van der Waals surface area contributed by atoms with E-state index in [1.165, 1.54) is 4.90 Å². The summed E-state index contributed by atoms with van der Waals surface area (Å²) >= 11 is 0. The summed E-state index contributed by atoms with van der Waals surface area (Å²) in [4.78, 5) is 13.6. The van der Waals surface area contributed by atoms with Crippen molar-refractivity contribution in [2.24, 2.45) is 5.92 Å². The summed E-state index contributed by atoms with van der Waals surface area (Å²) in [6.07, 6.45) is 4.65. The van der Waals surface area contributed by atoms with Gasteiger partial charge in [0.1, 0.15) is 11.1 Å². The van der Waals surface area contributed by atoms with Gasteiger partial charge in [0.25, 0.3) is 0 Å². The van der Waals surface area contributed by atoms with Gasteiger partial charge in [0, 0.05) is 7.05 Å². The molecule has 0 N–H and O–H groups in total. The number of carbonyl (C=O) groups excluding carboxylic acids is 1. The number of hydrogen-bond donors (Lipinski definition) is 0. The van der Waals surface area contributed by atoms with Gasteiger partial charge in [-0.05, 0) is 52.4 Å². The molecule has 0 aromatic heterocycles. The van der Waals surface area contributed by atoms with Gasteiger partial charge in [0.15, 0.2) is 0 Å². The largest absolute Gasteiger partial charge is 0.444 e. The fraction of sp³-hybridized carbons (Fsp3) is 0.733. The van der Waals surface area contributed by atoms with E-state index < -0.39 is 17.2 Å². The fourth-order valence-corrected chi connectivity index (χ4v) is 2.38. The van der Waals surface area contributed by atoms with E-state index in [4.69, 9.17) is 4.74 Å². The number of carbonyl (C=O) groups is 1. The Labute approximate surface area is 116 Å². The maximum absolute atomic E-state index is 12.1. The van der Waals surface area contributed by atoms with Crippen LogP contribution in [0.3, 0.4) is 0 Å². The first-order valence-electron chi connectivity index (χ1n) is 6.75. The van der Waals surface area contributed by atoms with Crippen LogP contribution in [-0.2, 0) is 4.74 Å². The number of hydrogen-bond acceptors (Lipinski definition) is 3. The lowest BCUT2D eigenvalue weighted by atomic mass is 9.76. The zero-order chi connectivity index (χ0) is 14.7. The van der Waals surface area contributed by atoms with Gasteiger partial charge in [-0.3, -0.25) is 4.90 Å². The van der Waals surface area contributed by atoms with Gasteiger partial charge in [0.05, 0.1) is 6.07 Å². The Bertz CT molecular complexity index is 382. The summed E-state index contributed by atoms with van der Waals surface area (Å²) in [5.74, 6) is 0.452. The molecule has 0 atom stereocenters. The third kappa shape index (κ3) is 3.73. The zero-order valence-corrected chi connectivity index (χ0v) is 12.4. The lowest BCUT2D eigenvalue weighted by Gasteiger charge is -2.41. The maximum Gasteiger partial charge on any atom is 0.411 e. The second-order valence-electron chi connectivity index (χ2n) is 6.26. The summed E-state index contributed by atoms with van der Waals surface area (Å²) in [6, 6.07) is 2.32. The van der Waals surface area contributed by atoms with E-state index in [2.05, 4.69) is 12.6 Å². The van der Waals surface area contributed by atoms with Crippen LogP contribution in [0.4, 0.5) is 4.79 Å². The minimum absolute atomic E-state index is 0.425. The minimum Gasteiger partial charge on any atom is -0.444 e. The summed E-state index contributed by atoms with van der Waals surface area (Å²) in [6.45, 7) is 9.28. The molecule has 0 unspecified atom stereocenters. The third-order valence-corrected chi connectivity index (χ3v) is 3.71. The highest BCUT2D eigenvalue weighted by Crippen LogP contribution is 2.36. The second-order valence-corrected chi connectivity index (χ2v) is 6.26. The molecule has 0 aromatic rings. The summed E-state index contributed by atoms with van der Waals surface area (Å²) < 4.78 is 5.35. The Morgan fingerprint density at radius 3 is 2.37 bits per heavy atom. The molecule has 1 rings (SSSR count). The number of allylic oxidation sites excluding steroid dienone is 1. The molecule has 1 aliphatic rings. The van der Waals surface area contributed by atoms with Crippen molar-refractivity contribution in [3.05, 3.63) is 12.7 Å². The van der Waals surface area contributed by atoms with Crippen LogP contribution >= 0.6 is 0 Å². The molecule has 0 aromatic carbocycles. The number of nitriles is 1. The standard InChI is InChI=1S/C15H24N2O2/c1-6-12-7-9-15(11-16,10-8-12)17(5)13(18)19-14(2,3)4/h6,12H,1,7-10H2,2-5H3. The Morgan fingerprint density at radius 2 is 2.00 bits per heavy atom. The predicted octanol–water partition coefficient (Wildman–Crippen LogP) is 3.49. The molecule has 1 aliphatic carbocycles. The lowest BCUT2D eigenvalue weighted by molar-refractivity contribution is 0.00679. The number of ether oxygens (including phenoxy) is 1. The first-order chi connectivity index (χ1) is 8.74. The zero-order valence-electron chi connectivity index (χ0n) is 12.4. The van der Waals surface area contributed by atoms with Gasteiger partial charge in [-0.2, -0.15) is 5.26 Å².